The van der Waals surface area contributed by atoms with Crippen LogP contribution in [0.3, 0.4) is 0 Å². The summed E-state index contributed by atoms with van der Waals surface area (Å²) in [6.07, 6.45) is 7.97. The minimum Gasteiger partial charge on any atom is -0.383 e. The summed E-state index contributed by atoms with van der Waals surface area (Å²) in [7, 11) is 0. The van der Waals surface area contributed by atoms with Gasteiger partial charge in [-0.05, 0) is 49.0 Å². The fourth-order valence-corrected chi connectivity index (χ4v) is 5.50. The highest BCUT2D eigenvalue weighted by molar-refractivity contribution is 5.81. The van der Waals surface area contributed by atoms with Gasteiger partial charge < -0.3 is 14.9 Å². The Bertz CT molecular complexity index is 706. The number of rotatable bonds is 4. The van der Waals surface area contributed by atoms with Crippen molar-refractivity contribution < 1.29 is 14.7 Å². The van der Waals surface area contributed by atoms with Crippen LogP contribution >= 0.6 is 0 Å². The highest BCUT2D eigenvalue weighted by atomic mass is 16.3. The molecule has 2 aliphatic heterocycles. The number of nitrogens with zero attached hydrogens (tertiary/aromatic N) is 2. The second-order valence-corrected chi connectivity index (χ2v) is 9.40. The zero-order chi connectivity index (χ0) is 20.3. The highest BCUT2D eigenvalue weighted by Gasteiger charge is 2.42. The third-order valence-corrected chi connectivity index (χ3v) is 7.45. The van der Waals surface area contributed by atoms with E-state index in [0.29, 0.717) is 26.1 Å². The van der Waals surface area contributed by atoms with Gasteiger partial charge in [-0.2, -0.15) is 0 Å². The van der Waals surface area contributed by atoms with Crippen molar-refractivity contribution in [1.82, 2.24) is 9.80 Å². The highest BCUT2D eigenvalue weighted by Crippen LogP contribution is 2.41. The fraction of sp³-hybridized carbons (Fsp3) is 0.667. The Kier molecular flexibility index (Phi) is 6.23. The van der Waals surface area contributed by atoms with Crippen LogP contribution in [0.1, 0.15) is 63.4 Å². The van der Waals surface area contributed by atoms with Crippen molar-refractivity contribution in [1.29, 1.82) is 0 Å². The summed E-state index contributed by atoms with van der Waals surface area (Å²) in [5.41, 5.74) is 1.29. The van der Waals surface area contributed by atoms with Gasteiger partial charge >= 0.3 is 0 Å². The first-order chi connectivity index (χ1) is 14.1. The summed E-state index contributed by atoms with van der Waals surface area (Å²) < 4.78 is 0. The van der Waals surface area contributed by atoms with Gasteiger partial charge in [0.2, 0.25) is 5.91 Å². The van der Waals surface area contributed by atoms with Crippen molar-refractivity contribution in [3.05, 3.63) is 35.9 Å². The predicted octanol–water partition coefficient (Wildman–Crippen LogP) is 3.36. The molecule has 3 fully saturated rings. The number of piperidine rings is 2. The molecular formula is C24H34N2O3. The average molecular weight is 399 g/mol. The van der Waals surface area contributed by atoms with E-state index in [-0.39, 0.29) is 23.1 Å². The van der Waals surface area contributed by atoms with Crippen molar-refractivity contribution in [2.45, 2.75) is 70.4 Å². The number of hydrogen-bond acceptors (Lipinski definition) is 3. The molecule has 5 nitrogen and oxygen atoms in total. The standard InChI is InChI=1S/C24H34N2O3/c27-21-11-12-24(18-26(21)17-19-7-3-1-4-8-19)13-15-25(16-14-24)23(29)22(28)20-9-5-2-6-10-20/h1,3-4,7-8,20,22,28H,2,5-6,9-18H2/t22-/m1/s1. The third kappa shape index (κ3) is 4.66. The molecule has 1 aliphatic carbocycles. The lowest BCUT2D eigenvalue weighted by atomic mass is 9.72. The minimum atomic E-state index is -0.827. The second-order valence-electron chi connectivity index (χ2n) is 9.40. The molecule has 0 unspecified atom stereocenters. The normalized spacial score (nSPS) is 24.0. The van der Waals surface area contributed by atoms with E-state index in [9.17, 15) is 14.7 Å². The molecule has 2 amide bonds. The molecule has 158 valence electrons. The molecule has 1 N–H and O–H groups in total. The van der Waals surface area contributed by atoms with E-state index in [1.54, 1.807) is 0 Å². The van der Waals surface area contributed by atoms with Gasteiger partial charge in [0, 0.05) is 32.6 Å². The third-order valence-electron chi connectivity index (χ3n) is 7.45. The van der Waals surface area contributed by atoms with Crippen LogP contribution < -0.4 is 0 Å². The Morgan fingerprint density at radius 1 is 1.07 bits per heavy atom. The molecule has 1 saturated carbocycles. The summed E-state index contributed by atoms with van der Waals surface area (Å²) in [5.74, 6) is 0.311. The SMILES string of the molecule is O=C1CCC2(CCN(C(=O)[C@H](O)C3CCCCC3)CC2)CN1Cc1ccccc1. The Morgan fingerprint density at radius 2 is 1.76 bits per heavy atom. The van der Waals surface area contributed by atoms with Crippen LogP contribution in [-0.2, 0) is 16.1 Å². The minimum absolute atomic E-state index is 0.0697. The number of aliphatic hydroxyl groups is 1. The quantitative estimate of drug-likeness (QED) is 0.846. The summed E-state index contributed by atoms with van der Waals surface area (Å²) >= 11 is 0. The molecule has 2 saturated heterocycles. The molecule has 1 aromatic rings. The molecule has 3 aliphatic rings. The van der Waals surface area contributed by atoms with Crippen molar-refractivity contribution in [3.63, 3.8) is 0 Å². The zero-order valence-corrected chi connectivity index (χ0v) is 17.4. The van der Waals surface area contributed by atoms with Crippen molar-refractivity contribution in [3.8, 4) is 0 Å². The van der Waals surface area contributed by atoms with E-state index in [1.165, 1.54) is 12.0 Å². The van der Waals surface area contributed by atoms with Gasteiger partial charge in [-0.25, -0.2) is 0 Å². The number of carbonyl (C=O) groups excluding carboxylic acids is 2. The second kappa shape index (κ2) is 8.86. The van der Waals surface area contributed by atoms with Crippen molar-refractivity contribution >= 4 is 11.8 Å². The molecule has 1 spiro atoms. The number of benzene rings is 1. The first-order valence-corrected chi connectivity index (χ1v) is 11.3. The van der Waals surface area contributed by atoms with Crippen LogP contribution in [0.15, 0.2) is 30.3 Å². The average Bonchev–Trinajstić information content (AvgIpc) is 2.77. The number of likely N-dealkylation sites (tertiary alicyclic amines) is 2. The van der Waals surface area contributed by atoms with E-state index in [1.807, 2.05) is 28.0 Å². The van der Waals surface area contributed by atoms with Gasteiger partial charge in [0.05, 0.1) is 0 Å². The summed E-state index contributed by atoms with van der Waals surface area (Å²) in [5, 5.41) is 10.6. The van der Waals surface area contributed by atoms with E-state index in [0.717, 1.165) is 51.5 Å². The zero-order valence-electron chi connectivity index (χ0n) is 17.4. The fourth-order valence-electron chi connectivity index (χ4n) is 5.50. The lowest BCUT2D eigenvalue weighted by Crippen LogP contribution is -2.54. The van der Waals surface area contributed by atoms with Gasteiger partial charge in [0.15, 0.2) is 0 Å². The molecule has 5 heteroatoms. The van der Waals surface area contributed by atoms with Crippen LogP contribution in [0.25, 0.3) is 0 Å². The van der Waals surface area contributed by atoms with E-state index >= 15 is 0 Å². The van der Waals surface area contributed by atoms with E-state index in [4.69, 9.17) is 0 Å². The van der Waals surface area contributed by atoms with Gasteiger partial charge in [-0.1, -0.05) is 49.6 Å². The topological polar surface area (TPSA) is 60.9 Å². The Labute approximate surface area is 174 Å². The maximum Gasteiger partial charge on any atom is 0.251 e. The van der Waals surface area contributed by atoms with Gasteiger partial charge in [-0.15, -0.1) is 0 Å². The largest absolute Gasteiger partial charge is 0.383 e. The van der Waals surface area contributed by atoms with E-state index < -0.39 is 6.10 Å². The molecule has 29 heavy (non-hydrogen) atoms. The molecule has 4 rings (SSSR count). The van der Waals surface area contributed by atoms with Crippen LogP contribution in [0.2, 0.25) is 0 Å². The number of hydrogen-bond donors (Lipinski definition) is 1. The Morgan fingerprint density at radius 3 is 2.45 bits per heavy atom. The lowest BCUT2D eigenvalue weighted by molar-refractivity contribution is -0.149. The monoisotopic (exact) mass is 398 g/mol. The molecule has 1 atom stereocenters. The molecule has 0 radical (unpaired) electrons. The van der Waals surface area contributed by atoms with Crippen LogP contribution in [0.4, 0.5) is 0 Å². The lowest BCUT2D eigenvalue weighted by Gasteiger charge is -2.48. The summed E-state index contributed by atoms with van der Waals surface area (Å²) in [4.78, 5) is 29.2. The first kappa shape index (κ1) is 20.4. The Hall–Kier alpha value is -1.88. The maximum atomic E-state index is 12.8. The smallest absolute Gasteiger partial charge is 0.251 e. The first-order valence-electron chi connectivity index (χ1n) is 11.3. The van der Waals surface area contributed by atoms with Gasteiger partial charge in [-0.3, -0.25) is 9.59 Å². The molecular weight excluding hydrogens is 364 g/mol. The van der Waals surface area contributed by atoms with Crippen LogP contribution in [-0.4, -0.2) is 52.5 Å². The molecule has 0 aromatic heterocycles. The van der Waals surface area contributed by atoms with Crippen molar-refractivity contribution in [2.24, 2.45) is 11.3 Å². The molecule has 2 heterocycles. The number of aliphatic hydroxyl groups excluding tert-OH is 1. The van der Waals surface area contributed by atoms with Crippen LogP contribution in [0.5, 0.6) is 0 Å². The van der Waals surface area contributed by atoms with Gasteiger partial charge in [0.25, 0.3) is 5.91 Å². The number of carbonyl (C=O) groups is 2. The van der Waals surface area contributed by atoms with E-state index in [2.05, 4.69) is 12.1 Å². The predicted molar refractivity (Wildman–Crippen MR) is 112 cm³/mol. The summed E-state index contributed by atoms with van der Waals surface area (Å²) in [6.45, 7) is 2.87. The Balaban J connectivity index is 1.34. The number of amides is 2. The van der Waals surface area contributed by atoms with Crippen molar-refractivity contribution in [2.75, 3.05) is 19.6 Å². The van der Waals surface area contributed by atoms with Gasteiger partial charge in [0.1, 0.15) is 6.10 Å². The summed E-state index contributed by atoms with van der Waals surface area (Å²) in [6, 6.07) is 10.2. The molecule has 0 bridgehead atoms. The molecule has 1 aromatic carbocycles. The maximum absolute atomic E-state index is 12.8. The van der Waals surface area contributed by atoms with Crippen LogP contribution in [0, 0.1) is 11.3 Å².